The molecule has 0 aliphatic carbocycles. The number of nitrogens with one attached hydrogen (secondary N) is 1. The van der Waals surface area contributed by atoms with Crippen LogP contribution in [0.5, 0.6) is 0 Å². The fraction of sp³-hybridized carbons (Fsp3) is 0.435. The quantitative estimate of drug-likeness (QED) is 0.544. The average Bonchev–Trinajstić information content (AvgIpc) is 2.71. The third kappa shape index (κ3) is 6.63. The molecule has 2 aromatic rings. The van der Waals surface area contributed by atoms with Gasteiger partial charge in [0.25, 0.3) is 0 Å². The Labute approximate surface area is 194 Å². The van der Waals surface area contributed by atoms with Crippen LogP contribution in [-0.2, 0) is 23.7 Å². The summed E-state index contributed by atoms with van der Waals surface area (Å²) in [7, 11) is 1.41. The summed E-state index contributed by atoms with van der Waals surface area (Å²) in [4.78, 5) is 14.4. The molecule has 3 nitrogen and oxygen atoms in total. The summed E-state index contributed by atoms with van der Waals surface area (Å²) in [6, 6.07) is 9.17. The highest BCUT2D eigenvalue weighted by atomic mass is 35.5. The molecule has 0 bridgehead atoms. The Bertz CT molecular complexity index is 944. The molecule has 1 aliphatic rings. The first-order valence-electron chi connectivity index (χ1n) is 10.2. The maximum atomic E-state index is 13.2. The van der Waals surface area contributed by atoms with E-state index in [-0.39, 0.29) is 42.4 Å². The van der Waals surface area contributed by atoms with Crippen molar-refractivity contribution in [3.63, 3.8) is 0 Å². The monoisotopic (exact) mass is 494 g/mol. The van der Waals surface area contributed by atoms with Crippen LogP contribution in [0.25, 0.3) is 0 Å². The van der Waals surface area contributed by atoms with Crippen LogP contribution in [0, 0.1) is 12.8 Å². The minimum atomic E-state index is -4.93. The number of carbonyl (C=O) groups is 1. The number of nitrogens with zero attached hydrogens (tertiary/aromatic N) is 1. The molecule has 0 unspecified atom stereocenters. The number of aryl methyl sites for hydroxylation is 1. The van der Waals surface area contributed by atoms with Crippen LogP contribution in [0.15, 0.2) is 42.5 Å². The molecule has 3 rings (SSSR count). The van der Waals surface area contributed by atoms with Gasteiger partial charge in [0.1, 0.15) is 0 Å². The largest absolute Gasteiger partial charge is 0.416 e. The molecule has 2 atom stereocenters. The van der Waals surface area contributed by atoms with Crippen molar-refractivity contribution in [3.8, 4) is 0 Å². The van der Waals surface area contributed by atoms with Crippen molar-refractivity contribution in [2.75, 3.05) is 20.1 Å². The van der Waals surface area contributed by atoms with Gasteiger partial charge in [-0.15, -0.1) is 12.4 Å². The van der Waals surface area contributed by atoms with Gasteiger partial charge in [-0.3, -0.25) is 4.79 Å². The molecule has 1 saturated heterocycles. The van der Waals surface area contributed by atoms with Crippen molar-refractivity contribution in [1.29, 1.82) is 0 Å². The first-order chi connectivity index (χ1) is 14.9. The Hall–Kier alpha value is -2.26. The summed E-state index contributed by atoms with van der Waals surface area (Å²) in [6.07, 6.45) is -9.33. The van der Waals surface area contributed by atoms with Crippen LogP contribution in [0.2, 0.25) is 0 Å². The zero-order valence-corrected chi connectivity index (χ0v) is 18.9. The number of alkyl halides is 6. The summed E-state index contributed by atoms with van der Waals surface area (Å²) in [6.45, 7) is 2.76. The average molecular weight is 495 g/mol. The van der Waals surface area contributed by atoms with Crippen LogP contribution in [0.4, 0.5) is 26.3 Å². The minimum absolute atomic E-state index is 0. The second-order valence-electron chi connectivity index (χ2n) is 8.23. The second kappa shape index (κ2) is 10.3. The summed E-state index contributed by atoms with van der Waals surface area (Å²) >= 11 is 0. The van der Waals surface area contributed by atoms with Gasteiger partial charge in [0.15, 0.2) is 0 Å². The minimum Gasteiger partial charge on any atom is -0.341 e. The maximum absolute atomic E-state index is 13.2. The molecule has 0 aromatic heterocycles. The number of hydrogen-bond acceptors (Lipinski definition) is 2. The lowest BCUT2D eigenvalue weighted by atomic mass is 9.80. The Morgan fingerprint density at radius 3 is 2.18 bits per heavy atom. The molecule has 182 valence electrons. The summed E-state index contributed by atoms with van der Waals surface area (Å²) < 4.78 is 78.8. The topological polar surface area (TPSA) is 32.3 Å². The van der Waals surface area contributed by atoms with E-state index in [4.69, 9.17) is 0 Å². The van der Waals surface area contributed by atoms with Crippen LogP contribution in [-0.4, -0.2) is 30.9 Å². The second-order valence-corrected chi connectivity index (χ2v) is 8.23. The standard InChI is InChI=1S/C23H24F6N2O.ClH/c1-14-4-3-5-16(8-14)20-12-30-7-6-19(20)21(32)31(2)13-15-9-17(22(24,25)26)11-18(10-15)23(27,28)29;/h3-5,8-11,19-20,30H,6-7,12-13H2,1-2H3;1H/t19-,20+;/m1./s1. The number of amides is 1. The molecule has 1 fully saturated rings. The number of halogens is 7. The normalized spacial score (nSPS) is 19.0. The molecule has 1 amide bonds. The molecule has 1 N–H and O–H groups in total. The number of carbonyl (C=O) groups excluding carboxylic acids is 1. The molecule has 0 spiro atoms. The van der Waals surface area contributed by atoms with E-state index in [1.54, 1.807) is 0 Å². The van der Waals surface area contributed by atoms with Crippen LogP contribution < -0.4 is 5.32 Å². The molecule has 10 heteroatoms. The van der Waals surface area contributed by atoms with Gasteiger partial charge >= 0.3 is 12.4 Å². The number of hydrogen-bond donors (Lipinski definition) is 1. The molecular weight excluding hydrogens is 470 g/mol. The van der Waals surface area contributed by atoms with E-state index in [0.29, 0.717) is 31.6 Å². The van der Waals surface area contributed by atoms with E-state index in [2.05, 4.69) is 5.32 Å². The highest BCUT2D eigenvalue weighted by Crippen LogP contribution is 2.37. The van der Waals surface area contributed by atoms with Crippen molar-refractivity contribution >= 4 is 18.3 Å². The van der Waals surface area contributed by atoms with Gasteiger partial charge < -0.3 is 10.2 Å². The molecule has 2 aromatic carbocycles. The van der Waals surface area contributed by atoms with Crippen molar-refractivity contribution in [2.24, 2.45) is 5.92 Å². The van der Waals surface area contributed by atoms with Crippen LogP contribution in [0.1, 0.15) is 40.2 Å². The molecule has 0 saturated carbocycles. The Morgan fingerprint density at radius 2 is 1.64 bits per heavy atom. The third-order valence-electron chi connectivity index (χ3n) is 5.71. The Morgan fingerprint density at radius 1 is 1.03 bits per heavy atom. The van der Waals surface area contributed by atoms with Gasteiger partial charge in [0.05, 0.1) is 11.1 Å². The van der Waals surface area contributed by atoms with E-state index >= 15 is 0 Å². The zero-order valence-electron chi connectivity index (χ0n) is 18.1. The van der Waals surface area contributed by atoms with Gasteiger partial charge in [-0.25, -0.2) is 0 Å². The van der Waals surface area contributed by atoms with Crippen molar-refractivity contribution in [2.45, 2.75) is 38.2 Å². The maximum Gasteiger partial charge on any atom is 0.416 e. The zero-order chi connectivity index (χ0) is 23.7. The van der Waals surface area contributed by atoms with E-state index < -0.39 is 29.4 Å². The van der Waals surface area contributed by atoms with Gasteiger partial charge in [0, 0.05) is 32.0 Å². The predicted octanol–water partition coefficient (Wildman–Crippen LogP) is 5.81. The smallest absolute Gasteiger partial charge is 0.341 e. The van der Waals surface area contributed by atoms with Crippen LogP contribution >= 0.6 is 12.4 Å². The summed E-state index contributed by atoms with van der Waals surface area (Å²) in [5.74, 6) is -0.856. The number of benzene rings is 2. The summed E-state index contributed by atoms with van der Waals surface area (Å²) in [5, 5.41) is 3.25. The lowest BCUT2D eigenvalue weighted by Crippen LogP contribution is -2.43. The first-order valence-corrected chi connectivity index (χ1v) is 10.2. The fourth-order valence-corrected chi connectivity index (χ4v) is 4.15. The summed E-state index contributed by atoms with van der Waals surface area (Å²) in [5.41, 5.74) is -0.979. The van der Waals surface area contributed by atoms with Gasteiger partial charge in [-0.2, -0.15) is 26.3 Å². The Kier molecular flexibility index (Phi) is 8.46. The molecule has 1 heterocycles. The molecular formula is C23H25ClF6N2O. The van der Waals surface area contributed by atoms with E-state index in [0.717, 1.165) is 11.1 Å². The molecule has 33 heavy (non-hydrogen) atoms. The van der Waals surface area contributed by atoms with E-state index in [9.17, 15) is 31.1 Å². The lowest BCUT2D eigenvalue weighted by molar-refractivity contribution is -0.143. The van der Waals surface area contributed by atoms with E-state index in [1.165, 1.54) is 11.9 Å². The molecule has 1 aliphatic heterocycles. The molecule has 0 radical (unpaired) electrons. The van der Waals surface area contributed by atoms with Crippen LogP contribution in [0.3, 0.4) is 0 Å². The van der Waals surface area contributed by atoms with E-state index in [1.807, 2.05) is 31.2 Å². The van der Waals surface area contributed by atoms with Gasteiger partial charge in [-0.1, -0.05) is 29.8 Å². The first kappa shape index (κ1) is 27.0. The Balaban J connectivity index is 0.00000385. The van der Waals surface area contributed by atoms with Crippen molar-refractivity contribution in [3.05, 3.63) is 70.3 Å². The van der Waals surface area contributed by atoms with Gasteiger partial charge in [0.2, 0.25) is 5.91 Å². The highest BCUT2D eigenvalue weighted by molar-refractivity contribution is 5.85. The fourth-order valence-electron chi connectivity index (χ4n) is 4.15. The number of rotatable bonds is 4. The third-order valence-corrected chi connectivity index (χ3v) is 5.71. The lowest BCUT2D eigenvalue weighted by Gasteiger charge is -2.34. The highest BCUT2D eigenvalue weighted by Gasteiger charge is 2.38. The SMILES string of the molecule is Cc1cccc([C@@H]2CNCC[C@H]2C(=O)N(C)Cc2cc(C(F)(F)F)cc(C(F)(F)F)c2)c1.Cl. The predicted molar refractivity (Wildman–Crippen MR) is 115 cm³/mol. The van der Waals surface area contributed by atoms with Gasteiger partial charge in [-0.05, 0) is 49.2 Å². The van der Waals surface area contributed by atoms with Crippen molar-refractivity contribution in [1.82, 2.24) is 10.2 Å². The van der Waals surface area contributed by atoms with Crippen molar-refractivity contribution < 1.29 is 31.1 Å². The number of piperidine rings is 1.